The molecule has 0 amide bonds. The van der Waals surface area contributed by atoms with Gasteiger partial charge in [-0.3, -0.25) is 4.68 Å². The third-order valence-electron chi connectivity index (χ3n) is 2.59. The molecule has 1 atom stereocenters. The molecule has 0 bridgehead atoms. The molecular formula is C9H15N3O. The summed E-state index contributed by atoms with van der Waals surface area (Å²) in [5.41, 5.74) is 3.13. The van der Waals surface area contributed by atoms with Crippen molar-refractivity contribution in [2.24, 2.45) is 0 Å². The molecule has 0 fully saturated rings. The summed E-state index contributed by atoms with van der Waals surface area (Å²) in [6, 6.07) is 0. The highest BCUT2D eigenvalue weighted by molar-refractivity contribution is 5.30. The molecule has 0 spiro atoms. The van der Waals surface area contributed by atoms with Crippen LogP contribution in [0, 0.1) is 6.92 Å². The van der Waals surface area contributed by atoms with E-state index in [2.05, 4.69) is 17.3 Å². The van der Waals surface area contributed by atoms with Crippen LogP contribution in [-0.2, 0) is 13.1 Å². The van der Waals surface area contributed by atoms with Gasteiger partial charge >= 0.3 is 0 Å². The molecule has 2 N–H and O–H groups in total. The van der Waals surface area contributed by atoms with Crippen LogP contribution in [0.3, 0.4) is 0 Å². The number of rotatable bonds is 1. The summed E-state index contributed by atoms with van der Waals surface area (Å²) in [6.45, 7) is 6.37. The molecule has 72 valence electrons. The van der Waals surface area contributed by atoms with E-state index in [1.54, 1.807) is 0 Å². The number of aromatic nitrogens is 2. The van der Waals surface area contributed by atoms with Gasteiger partial charge in [0.15, 0.2) is 0 Å². The van der Waals surface area contributed by atoms with E-state index in [0.29, 0.717) is 6.54 Å². The summed E-state index contributed by atoms with van der Waals surface area (Å²) in [5.74, 6) is 0. The number of nitrogens with one attached hydrogen (secondary N) is 1. The first kappa shape index (κ1) is 8.72. The average Bonchev–Trinajstić information content (AvgIpc) is 2.44. The van der Waals surface area contributed by atoms with Gasteiger partial charge in [0.1, 0.15) is 0 Å². The second-order valence-electron chi connectivity index (χ2n) is 3.41. The number of aliphatic hydroxyl groups excluding tert-OH is 1. The van der Waals surface area contributed by atoms with Crippen molar-refractivity contribution < 1.29 is 5.11 Å². The molecule has 1 aromatic rings. The van der Waals surface area contributed by atoms with Gasteiger partial charge in [-0.05, 0) is 13.8 Å². The van der Waals surface area contributed by atoms with Crippen molar-refractivity contribution in [2.45, 2.75) is 33.0 Å². The van der Waals surface area contributed by atoms with Crippen LogP contribution in [-0.4, -0.2) is 21.4 Å². The number of aliphatic hydroxyl groups is 1. The van der Waals surface area contributed by atoms with Gasteiger partial charge in [0.2, 0.25) is 0 Å². The molecule has 4 heteroatoms. The summed E-state index contributed by atoms with van der Waals surface area (Å²) >= 11 is 0. The Hall–Kier alpha value is -0.870. The van der Waals surface area contributed by atoms with Gasteiger partial charge in [0, 0.05) is 30.9 Å². The van der Waals surface area contributed by atoms with E-state index < -0.39 is 0 Å². The SMILES string of the molecule is CCn1nc2c(c1C)C(O)CNC2. The maximum absolute atomic E-state index is 9.74. The number of aryl methyl sites for hydroxylation is 1. The quantitative estimate of drug-likeness (QED) is 0.657. The van der Waals surface area contributed by atoms with E-state index in [0.717, 1.165) is 30.0 Å². The summed E-state index contributed by atoms with van der Waals surface area (Å²) in [7, 11) is 0. The third kappa shape index (κ3) is 1.26. The van der Waals surface area contributed by atoms with Gasteiger partial charge in [0.25, 0.3) is 0 Å². The molecule has 0 aliphatic carbocycles. The highest BCUT2D eigenvalue weighted by Gasteiger charge is 2.23. The molecule has 0 radical (unpaired) electrons. The molecule has 1 unspecified atom stereocenters. The van der Waals surface area contributed by atoms with Crippen LogP contribution in [0.15, 0.2) is 0 Å². The second-order valence-corrected chi connectivity index (χ2v) is 3.41. The third-order valence-corrected chi connectivity index (χ3v) is 2.59. The Morgan fingerprint density at radius 3 is 3.08 bits per heavy atom. The maximum atomic E-state index is 9.74. The lowest BCUT2D eigenvalue weighted by molar-refractivity contribution is 0.164. The Kier molecular flexibility index (Phi) is 2.09. The lowest BCUT2D eigenvalue weighted by Gasteiger charge is -2.18. The zero-order valence-electron chi connectivity index (χ0n) is 8.04. The molecule has 0 saturated heterocycles. The van der Waals surface area contributed by atoms with Gasteiger partial charge < -0.3 is 10.4 Å². The van der Waals surface area contributed by atoms with Gasteiger partial charge in [0.05, 0.1) is 11.8 Å². The molecule has 1 aliphatic heterocycles. The minimum Gasteiger partial charge on any atom is -0.387 e. The van der Waals surface area contributed by atoms with Crippen molar-refractivity contribution in [2.75, 3.05) is 6.54 Å². The predicted molar refractivity (Wildman–Crippen MR) is 49.3 cm³/mol. The number of nitrogens with zero attached hydrogens (tertiary/aromatic N) is 2. The average molecular weight is 181 g/mol. The Bertz CT molecular complexity index is 319. The molecular weight excluding hydrogens is 166 g/mol. The fraction of sp³-hybridized carbons (Fsp3) is 0.667. The number of hydrogen-bond donors (Lipinski definition) is 2. The van der Waals surface area contributed by atoms with E-state index in [4.69, 9.17) is 0 Å². The zero-order valence-corrected chi connectivity index (χ0v) is 8.04. The van der Waals surface area contributed by atoms with Crippen molar-refractivity contribution in [3.05, 3.63) is 17.0 Å². The molecule has 0 saturated carbocycles. The topological polar surface area (TPSA) is 50.1 Å². The normalized spacial score (nSPS) is 21.6. The van der Waals surface area contributed by atoms with E-state index in [-0.39, 0.29) is 6.10 Å². The largest absolute Gasteiger partial charge is 0.387 e. The summed E-state index contributed by atoms with van der Waals surface area (Å²) in [6.07, 6.45) is -0.385. The Balaban J connectivity index is 2.49. The highest BCUT2D eigenvalue weighted by Crippen LogP contribution is 2.24. The second kappa shape index (κ2) is 3.12. The first-order valence-corrected chi connectivity index (χ1v) is 4.69. The standard InChI is InChI=1S/C9H15N3O/c1-3-12-6(2)9-7(11-12)4-10-5-8(9)13/h8,10,13H,3-5H2,1-2H3. The minimum absolute atomic E-state index is 0.385. The lowest BCUT2D eigenvalue weighted by atomic mass is 10.0. The van der Waals surface area contributed by atoms with Crippen LogP contribution < -0.4 is 5.32 Å². The maximum Gasteiger partial charge on any atom is 0.0950 e. The summed E-state index contributed by atoms with van der Waals surface area (Å²) in [5, 5.41) is 17.3. The van der Waals surface area contributed by atoms with Gasteiger partial charge in [-0.25, -0.2) is 0 Å². The fourth-order valence-corrected chi connectivity index (χ4v) is 1.92. The molecule has 2 rings (SSSR count). The van der Waals surface area contributed by atoms with Gasteiger partial charge in [-0.15, -0.1) is 0 Å². The molecule has 2 heterocycles. The number of fused-ring (bicyclic) bond motifs is 1. The van der Waals surface area contributed by atoms with Gasteiger partial charge in [-0.1, -0.05) is 0 Å². The molecule has 4 nitrogen and oxygen atoms in total. The van der Waals surface area contributed by atoms with E-state index >= 15 is 0 Å². The summed E-state index contributed by atoms with van der Waals surface area (Å²) in [4.78, 5) is 0. The van der Waals surface area contributed by atoms with Crippen LogP contribution >= 0.6 is 0 Å². The molecule has 13 heavy (non-hydrogen) atoms. The molecule has 1 aromatic heterocycles. The lowest BCUT2D eigenvalue weighted by Crippen LogP contribution is -2.27. The highest BCUT2D eigenvalue weighted by atomic mass is 16.3. The van der Waals surface area contributed by atoms with Crippen molar-refractivity contribution >= 4 is 0 Å². The monoisotopic (exact) mass is 181 g/mol. The van der Waals surface area contributed by atoms with Crippen molar-refractivity contribution in [3.63, 3.8) is 0 Å². The van der Waals surface area contributed by atoms with Crippen LogP contribution in [0.4, 0.5) is 0 Å². The van der Waals surface area contributed by atoms with E-state index in [1.165, 1.54) is 0 Å². The van der Waals surface area contributed by atoms with Gasteiger partial charge in [-0.2, -0.15) is 5.10 Å². The van der Waals surface area contributed by atoms with Crippen molar-refractivity contribution in [3.8, 4) is 0 Å². The first-order chi connectivity index (χ1) is 6.24. The molecule has 1 aliphatic rings. The zero-order chi connectivity index (χ0) is 9.42. The fourth-order valence-electron chi connectivity index (χ4n) is 1.92. The van der Waals surface area contributed by atoms with Crippen LogP contribution in [0.25, 0.3) is 0 Å². The smallest absolute Gasteiger partial charge is 0.0950 e. The van der Waals surface area contributed by atoms with Crippen molar-refractivity contribution in [1.82, 2.24) is 15.1 Å². The number of hydrogen-bond acceptors (Lipinski definition) is 3. The number of β-amino-alcohol motifs (C(OH)–C–C–N with tert-alkyl or cyclic N) is 1. The van der Waals surface area contributed by atoms with Crippen LogP contribution in [0.2, 0.25) is 0 Å². The Morgan fingerprint density at radius 2 is 2.46 bits per heavy atom. The van der Waals surface area contributed by atoms with E-state index in [1.807, 2.05) is 11.6 Å². The summed E-state index contributed by atoms with van der Waals surface area (Å²) < 4.78 is 1.95. The van der Waals surface area contributed by atoms with Crippen LogP contribution in [0.5, 0.6) is 0 Å². The predicted octanol–water partition coefficient (Wildman–Crippen LogP) is 0.348. The minimum atomic E-state index is -0.385. The van der Waals surface area contributed by atoms with Crippen LogP contribution in [0.1, 0.15) is 30.0 Å². The first-order valence-electron chi connectivity index (χ1n) is 4.69. The molecule has 0 aromatic carbocycles. The Morgan fingerprint density at radius 1 is 1.69 bits per heavy atom. The van der Waals surface area contributed by atoms with E-state index in [9.17, 15) is 5.11 Å². The Labute approximate surface area is 77.6 Å². The van der Waals surface area contributed by atoms with Crippen molar-refractivity contribution in [1.29, 1.82) is 0 Å².